The van der Waals surface area contributed by atoms with Crippen LogP contribution in [0.5, 0.6) is 0 Å². The maximum absolute atomic E-state index is 13.4. The number of unbranched alkanes of at least 4 members (excludes halogenated alkanes) is 1. The van der Waals surface area contributed by atoms with Crippen LogP contribution in [0.4, 0.5) is 0 Å². The molecule has 0 radical (unpaired) electrons. The molecular formula is C30H29N5O4. The van der Waals surface area contributed by atoms with Gasteiger partial charge in [-0.15, -0.1) is 0 Å². The molecule has 9 heteroatoms. The normalized spacial score (nSPS) is 12.0. The molecule has 0 aliphatic rings. The van der Waals surface area contributed by atoms with Crippen LogP contribution in [0.1, 0.15) is 42.1 Å². The number of amides is 2. The van der Waals surface area contributed by atoms with Crippen LogP contribution in [0.15, 0.2) is 97.1 Å². The van der Waals surface area contributed by atoms with Crippen LogP contribution < -0.4 is 10.6 Å². The zero-order chi connectivity index (χ0) is 27.6. The molecule has 0 spiro atoms. The van der Waals surface area contributed by atoms with Gasteiger partial charge in [-0.25, -0.2) is 9.48 Å². The predicted octanol–water partition coefficient (Wildman–Crippen LogP) is 4.46. The lowest BCUT2D eigenvalue weighted by Gasteiger charge is -2.16. The fourth-order valence-electron chi connectivity index (χ4n) is 3.93. The minimum Gasteiger partial charge on any atom is -0.480 e. The maximum Gasteiger partial charge on any atom is 0.326 e. The van der Waals surface area contributed by atoms with Crippen LogP contribution in [0, 0.1) is 0 Å². The first-order valence-corrected chi connectivity index (χ1v) is 12.6. The highest BCUT2D eigenvalue weighted by atomic mass is 16.4. The van der Waals surface area contributed by atoms with Crippen LogP contribution in [0.25, 0.3) is 23.0 Å². The van der Waals surface area contributed by atoms with Crippen LogP contribution in [0.2, 0.25) is 0 Å². The largest absolute Gasteiger partial charge is 0.480 e. The first kappa shape index (κ1) is 27.0. The molecule has 2 aromatic carbocycles. The van der Waals surface area contributed by atoms with Gasteiger partial charge in [0, 0.05) is 35.3 Å². The van der Waals surface area contributed by atoms with Crippen molar-refractivity contribution in [3.8, 4) is 16.9 Å². The van der Waals surface area contributed by atoms with E-state index < -0.39 is 23.8 Å². The lowest BCUT2D eigenvalue weighted by atomic mass is 10.1. The van der Waals surface area contributed by atoms with Gasteiger partial charge in [0.15, 0.2) is 0 Å². The van der Waals surface area contributed by atoms with Crippen molar-refractivity contribution in [2.24, 2.45) is 0 Å². The molecule has 4 rings (SSSR count). The summed E-state index contributed by atoms with van der Waals surface area (Å²) in [4.78, 5) is 42.5. The van der Waals surface area contributed by atoms with Gasteiger partial charge in [0.25, 0.3) is 11.8 Å². The summed E-state index contributed by atoms with van der Waals surface area (Å²) in [6.45, 7) is 1.94. The molecule has 0 bridgehead atoms. The molecule has 4 aromatic rings. The average molecular weight is 524 g/mol. The first-order chi connectivity index (χ1) is 19.0. The van der Waals surface area contributed by atoms with Crippen molar-refractivity contribution in [1.29, 1.82) is 0 Å². The number of nitrogens with one attached hydrogen (secondary N) is 2. The van der Waals surface area contributed by atoms with E-state index >= 15 is 0 Å². The molecule has 2 aromatic heterocycles. The number of carbonyl (C=O) groups excluding carboxylic acids is 2. The number of carboxylic acid groups (broad SMARTS) is 1. The second-order valence-corrected chi connectivity index (χ2v) is 8.84. The number of carboxylic acids is 1. The van der Waals surface area contributed by atoms with Crippen LogP contribution in [0.3, 0.4) is 0 Å². The number of aliphatic carboxylic acids is 1. The number of aromatic nitrogens is 3. The van der Waals surface area contributed by atoms with Gasteiger partial charge in [-0.3, -0.25) is 14.6 Å². The summed E-state index contributed by atoms with van der Waals surface area (Å²) in [5.41, 5.74) is 2.82. The van der Waals surface area contributed by atoms with Crippen molar-refractivity contribution < 1.29 is 19.5 Å². The summed E-state index contributed by atoms with van der Waals surface area (Å²) in [5.74, 6) is -2.36. The van der Waals surface area contributed by atoms with E-state index in [2.05, 4.69) is 15.6 Å². The molecule has 9 nitrogen and oxygen atoms in total. The van der Waals surface area contributed by atoms with Crippen molar-refractivity contribution in [3.05, 3.63) is 108 Å². The second-order valence-electron chi connectivity index (χ2n) is 8.84. The highest BCUT2D eigenvalue weighted by Crippen LogP contribution is 2.25. The Kier molecular flexibility index (Phi) is 8.97. The number of rotatable bonds is 11. The third kappa shape index (κ3) is 7.04. The molecular weight excluding hydrogens is 494 g/mol. The van der Waals surface area contributed by atoms with Crippen molar-refractivity contribution in [2.45, 2.75) is 32.2 Å². The van der Waals surface area contributed by atoms with E-state index in [0.29, 0.717) is 28.8 Å². The number of hydrogen-bond donors (Lipinski definition) is 3. The van der Waals surface area contributed by atoms with E-state index in [1.54, 1.807) is 59.7 Å². The van der Waals surface area contributed by atoms with Gasteiger partial charge in [-0.2, -0.15) is 5.10 Å². The molecule has 2 heterocycles. The van der Waals surface area contributed by atoms with E-state index in [1.807, 2.05) is 43.3 Å². The highest BCUT2D eigenvalue weighted by molar-refractivity contribution is 6.06. The molecule has 0 aliphatic carbocycles. The van der Waals surface area contributed by atoms with Crippen molar-refractivity contribution in [3.63, 3.8) is 0 Å². The quantitative estimate of drug-likeness (QED) is 0.249. The van der Waals surface area contributed by atoms with Crippen molar-refractivity contribution >= 4 is 23.9 Å². The molecule has 1 unspecified atom stereocenters. The number of pyridine rings is 1. The summed E-state index contributed by atoms with van der Waals surface area (Å²) in [6.07, 6.45) is 8.22. The lowest BCUT2D eigenvalue weighted by molar-refractivity contribution is -0.141. The van der Waals surface area contributed by atoms with Crippen molar-refractivity contribution in [2.75, 3.05) is 0 Å². The van der Waals surface area contributed by atoms with Crippen LogP contribution >= 0.6 is 0 Å². The molecule has 1 atom stereocenters. The number of benzene rings is 2. The molecule has 0 aliphatic heterocycles. The van der Waals surface area contributed by atoms with E-state index in [1.165, 1.54) is 6.08 Å². The third-order valence-corrected chi connectivity index (χ3v) is 5.98. The van der Waals surface area contributed by atoms with Gasteiger partial charge < -0.3 is 15.7 Å². The smallest absolute Gasteiger partial charge is 0.326 e. The second kappa shape index (κ2) is 13.0. The Morgan fingerprint density at radius 2 is 1.72 bits per heavy atom. The predicted molar refractivity (Wildman–Crippen MR) is 148 cm³/mol. The Bertz CT molecular complexity index is 1450. The fraction of sp³-hybridized carbons (Fsp3) is 0.167. The molecule has 198 valence electrons. The summed E-state index contributed by atoms with van der Waals surface area (Å²) >= 11 is 0. The molecule has 0 saturated carbocycles. The summed E-state index contributed by atoms with van der Waals surface area (Å²) in [7, 11) is 0. The molecule has 0 fully saturated rings. The number of hydrogen-bond acceptors (Lipinski definition) is 5. The maximum atomic E-state index is 13.4. The Hall–Kier alpha value is -5.05. The lowest BCUT2D eigenvalue weighted by Crippen LogP contribution is -2.44. The summed E-state index contributed by atoms with van der Waals surface area (Å²) < 4.78 is 1.67. The minimum atomic E-state index is -1.14. The van der Waals surface area contributed by atoms with Crippen LogP contribution in [-0.4, -0.2) is 43.7 Å². The summed E-state index contributed by atoms with van der Waals surface area (Å²) in [5, 5.41) is 19.6. The number of carbonyl (C=O) groups is 3. The van der Waals surface area contributed by atoms with E-state index in [-0.39, 0.29) is 12.1 Å². The Labute approximate surface area is 226 Å². The van der Waals surface area contributed by atoms with Crippen molar-refractivity contribution in [1.82, 2.24) is 25.4 Å². The van der Waals surface area contributed by atoms with Gasteiger partial charge in [-0.05, 0) is 48.9 Å². The molecule has 3 N–H and O–H groups in total. The zero-order valence-electron chi connectivity index (χ0n) is 21.4. The van der Waals surface area contributed by atoms with Gasteiger partial charge >= 0.3 is 5.97 Å². The van der Waals surface area contributed by atoms with Gasteiger partial charge in [0.2, 0.25) is 0 Å². The Morgan fingerprint density at radius 1 is 1.00 bits per heavy atom. The fourth-order valence-corrected chi connectivity index (χ4v) is 3.93. The van der Waals surface area contributed by atoms with E-state index in [9.17, 15) is 19.5 Å². The van der Waals surface area contributed by atoms with Crippen LogP contribution in [-0.2, 0) is 9.59 Å². The molecule has 39 heavy (non-hydrogen) atoms. The average Bonchev–Trinajstić information content (AvgIpc) is 3.40. The Morgan fingerprint density at radius 3 is 2.36 bits per heavy atom. The standard InChI is InChI=1S/C30H29N5O4/c1-2-3-16-25(30(38)39)32-29(37)26(33-28(36)21-11-6-4-7-12-21)18-23-20-35(24-14-8-5-9-15-24)34-27(23)22-13-10-17-31-19-22/h4-15,17-20,25H,2-3,16H2,1H3,(H,32,37)(H,33,36)(H,38,39)/b26-18-. The van der Waals surface area contributed by atoms with Gasteiger partial charge in [0.1, 0.15) is 17.4 Å². The topological polar surface area (TPSA) is 126 Å². The SMILES string of the molecule is CCCCC(NC(=O)/C(=C/c1cn(-c2ccccc2)nc1-c1cccnc1)NC(=O)c1ccccc1)C(=O)O. The van der Waals surface area contributed by atoms with Gasteiger partial charge in [-0.1, -0.05) is 56.2 Å². The third-order valence-electron chi connectivity index (χ3n) is 5.98. The molecule has 0 saturated heterocycles. The minimum absolute atomic E-state index is 0.107. The molecule has 2 amide bonds. The highest BCUT2D eigenvalue weighted by Gasteiger charge is 2.24. The van der Waals surface area contributed by atoms with E-state index in [4.69, 9.17) is 5.10 Å². The Balaban J connectivity index is 1.78. The van der Waals surface area contributed by atoms with Gasteiger partial charge in [0.05, 0.1) is 5.69 Å². The van der Waals surface area contributed by atoms with E-state index in [0.717, 1.165) is 12.1 Å². The zero-order valence-corrected chi connectivity index (χ0v) is 21.4. The summed E-state index contributed by atoms with van der Waals surface area (Å²) in [6, 6.07) is 20.4. The number of nitrogens with zero attached hydrogens (tertiary/aromatic N) is 3. The first-order valence-electron chi connectivity index (χ1n) is 12.6. The number of para-hydroxylation sites is 1. The monoisotopic (exact) mass is 523 g/mol.